The van der Waals surface area contributed by atoms with Gasteiger partial charge < -0.3 is 5.11 Å². The first-order valence-electron chi connectivity index (χ1n) is 6.44. The van der Waals surface area contributed by atoms with Crippen LogP contribution in [0.3, 0.4) is 0 Å². The summed E-state index contributed by atoms with van der Waals surface area (Å²) in [6.07, 6.45) is 6.48. The lowest BCUT2D eigenvalue weighted by Crippen LogP contribution is -2.14. The summed E-state index contributed by atoms with van der Waals surface area (Å²) in [7, 11) is 2.00. The van der Waals surface area contributed by atoms with E-state index in [-0.39, 0.29) is 6.10 Å². The lowest BCUT2D eigenvalue weighted by Gasteiger charge is -2.16. The zero-order chi connectivity index (χ0) is 12.4. The van der Waals surface area contributed by atoms with Crippen LogP contribution < -0.4 is 0 Å². The Bertz CT molecular complexity index is 389. The molecular formula is C13H21BrN2O. The van der Waals surface area contributed by atoms with Gasteiger partial charge >= 0.3 is 0 Å². The number of aliphatic hydroxyl groups excluding tert-OH is 1. The van der Waals surface area contributed by atoms with E-state index >= 15 is 0 Å². The number of aliphatic hydroxyl groups is 1. The smallest absolute Gasteiger partial charge is 0.0738 e. The maximum atomic E-state index is 9.85. The third kappa shape index (κ3) is 3.10. The molecule has 0 radical (unpaired) electrons. The van der Waals surface area contributed by atoms with Gasteiger partial charge in [0.2, 0.25) is 0 Å². The van der Waals surface area contributed by atoms with E-state index in [0.717, 1.165) is 29.4 Å². The highest BCUT2D eigenvalue weighted by atomic mass is 79.9. The van der Waals surface area contributed by atoms with E-state index in [1.54, 1.807) is 0 Å². The zero-order valence-electron chi connectivity index (χ0n) is 10.6. The number of aromatic nitrogens is 2. The van der Waals surface area contributed by atoms with Gasteiger partial charge in [0.15, 0.2) is 0 Å². The van der Waals surface area contributed by atoms with Crippen LogP contribution in [0, 0.1) is 12.8 Å². The molecule has 0 aliphatic heterocycles. The summed E-state index contributed by atoms with van der Waals surface area (Å²) in [5.41, 5.74) is 2.32. The molecule has 4 heteroatoms. The van der Waals surface area contributed by atoms with Crippen molar-refractivity contribution in [1.82, 2.24) is 9.78 Å². The van der Waals surface area contributed by atoms with E-state index in [1.165, 1.54) is 25.0 Å². The highest BCUT2D eigenvalue weighted by Crippen LogP contribution is 2.29. The topological polar surface area (TPSA) is 38.0 Å². The Morgan fingerprint density at radius 1 is 1.41 bits per heavy atom. The second-order valence-electron chi connectivity index (χ2n) is 5.21. The fourth-order valence-corrected chi connectivity index (χ4v) is 3.29. The molecule has 0 aromatic carbocycles. The van der Waals surface area contributed by atoms with E-state index in [9.17, 15) is 5.11 Å². The van der Waals surface area contributed by atoms with Crippen LogP contribution in [0.4, 0.5) is 0 Å². The number of hydrogen-bond donors (Lipinski definition) is 1. The second kappa shape index (κ2) is 5.53. The first-order valence-corrected chi connectivity index (χ1v) is 7.23. The van der Waals surface area contributed by atoms with Gasteiger partial charge in [-0.15, -0.1) is 0 Å². The van der Waals surface area contributed by atoms with Crippen molar-refractivity contribution in [3.05, 3.63) is 15.9 Å². The summed E-state index contributed by atoms with van der Waals surface area (Å²) in [5, 5.41) is 14.3. The molecule has 1 aromatic heterocycles. The summed E-state index contributed by atoms with van der Waals surface area (Å²) in [5.74, 6) is 0.596. The first kappa shape index (κ1) is 13.1. The molecule has 1 saturated carbocycles. The van der Waals surface area contributed by atoms with Crippen molar-refractivity contribution in [2.75, 3.05) is 0 Å². The van der Waals surface area contributed by atoms with Gasteiger partial charge in [-0.05, 0) is 54.5 Å². The maximum Gasteiger partial charge on any atom is 0.0738 e. The van der Waals surface area contributed by atoms with Crippen molar-refractivity contribution in [2.24, 2.45) is 13.0 Å². The van der Waals surface area contributed by atoms with Gasteiger partial charge in [0.1, 0.15) is 0 Å². The fourth-order valence-electron chi connectivity index (χ4n) is 2.79. The summed E-state index contributed by atoms with van der Waals surface area (Å²) < 4.78 is 3.11. The molecule has 1 aromatic rings. The van der Waals surface area contributed by atoms with Crippen LogP contribution in [-0.4, -0.2) is 21.0 Å². The SMILES string of the molecule is Cc1nn(C)c(CC2CCCCC(O)C2)c1Br. The van der Waals surface area contributed by atoms with Crippen LogP contribution >= 0.6 is 15.9 Å². The molecular weight excluding hydrogens is 280 g/mol. The van der Waals surface area contributed by atoms with Crippen molar-refractivity contribution >= 4 is 15.9 Å². The summed E-state index contributed by atoms with van der Waals surface area (Å²) >= 11 is 3.62. The van der Waals surface area contributed by atoms with Crippen molar-refractivity contribution in [2.45, 2.75) is 51.6 Å². The van der Waals surface area contributed by atoms with Crippen LogP contribution in [0.2, 0.25) is 0 Å². The molecule has 2 rings (SSSR count). The van der Waals surface area contributed by atoms with Gasteiger partial charge in [-0.3, -0.25) is 4.68 Å². The molecule has 2 atom stereocenters. The lowest BCUT2D eigenvalue weighted by atomic mass is 9.94. The monoisotopic (exact) mass is 300 g/mol. The van der Waals surface area contributed by atoms with Gasteiger partial charge in [-0.2, -0.15) is 5.10 Å². The van der Waals surface area contributed by atoms with Gasteiger partial charge in [0.05, 0.1) is 22.0 Å². The Labute approximate surface area is 111 Å². The third-order valence-electron chi connectivity index (χ3n) is 3.75. The standard InChI is InChI=1S/C13H21BrN2O/c1-9-13(14)12(16(2)15-9)8-10-5-3-4-6-11(17)7-10/h10-11,17H,3-8H2,1-2H3. The number of rotatable bonds is 2. The van der Waals surface area contributed by atoms with Crippen molar-refractivity contribution in [1.29, 1.82) is 0 Å². The van der Waals surface area contributed by atoms with Crippen LogP contribution in [0.5, 0.6) is 0 Å². The molecule has 0 amide bonds. The van der Waals surface area contributed by atoms with Crippen molar-refractivity contribution in [3.8, 4) is 0 Å². The molecule has 1 aliphatic carbocycles. The predicted molar refractivity (Wildman–Crippen MR) is 71.9 cm³/mol. The molecule has 1 fully saturated rings. The van der Waals surface area contributed by atoms with Crippen molar-refractivity contribution < 1.29 is 5.11 Å². The van der Waals surface area contributed by atoms with Gasteiger partial charge in [0.25, 0.3) is 0 Å². The van der Waals surface area contributed by atoms with Crippen LogP contribution in [0.1, 0.15) is 43.5 Å². The molecule has 0 spiro atoms. The summed E-state index contributed by atoms with van der Waals surface area (Å²) in [6, 6.07) is 0. The number of hydrogen-bond acceptors (Lipinski definition) is 2. The maximum absolute atomic E-state index is 9.85. The lowest BCUT2D eigenvalue weighted by molar-refractivity contribution is 0.141. The molecule has 17 heavy (non-hydrogen) atoms. The number of aryl methyl sites for hydroxylation is 2. The van der Waals surface area contributed by atoms with Crippen LogP contribution in [-0.2, 0) is 13.5 Å². The van der Waals surface area contributed by atoms with Crippen LogP contribution in [0.25, 0.3) is 0 Å². The Hall–Kier alpha value is -0.350. The zero-order valence-corrected chi connectivity index (χ0v) is 12.2. The van der Waals surface area contributed by atoms with Gasteiger partial charge in [0, 0.05) is 7.05 Å². The predicted octanol–water partition coefficient (Wildman–Crippen LogP) is 2.97. The minimum Gasteiger partial charge on any atom is -0.393 e. The normalized spacial score (nSPS) is 25.9. The highest BCUT2D eigenvalue weighted by Gasteiger charge is 2.21. The average Bonchev–Trinajstić information content (AvgIpc) is 2.46. The third-order valence-corrected chi connectivity index (χ3v) is 4.78. The fraction of sp³-hybridized carbons (Fsp3) is 0.769. The Morgan fingerprint density at radius 3 is 2.76 bits per heavy atom. The molecule has 1 N–H and O–H groups in total. The summed E-state index contributed by atoms with van der Waals surface area (Å²) in [4.78, 5) is 0. The van der Waals surface area contributed by atoms with Gasteiger partial charge in [-0.25, -0.2) is 0 Å². The number of nitrogens with zero attached hydrogens (tertiary/aromatic N) is 2. The Morgan fingerprint density at radius 2 is 2.12 bits per heavy atom. The average molecular weight is 301 g/mol. The summed E-state index contributed by atoms with van der Waals surface area (Å²) in [6.45, 7) is 2.02. The Kier molecular flexibility index (Phi) is 4.26. The molecule has 1 heterocycles. The van der Waals surface area contributed by atoms with E-state index in [1.807, 2.05) is 18.7 Å². The minimum atomic E-state index is -0.101. The molecule has 96 valence electrons. The van der Waals surface area contributed by atoms with E-state index in [2.05, 4.69) is 21.0 Å². The highest BCUT2D eigenvalue weighted by molar-refractivity contribution is 9.10. The van der Waals surface area contributed by atoms with E-state index in [4.69, 9.17) is 0 Å². The van der Waals surface area contributed by atoms with E-state index in [0.29, 0.717) is 5.92 Å². The molecule has 1 aliphatic rings. The largest absolute Gasteiger partial charge is 0.393 e. The second-order valence-corrected chi connectivity index (χ2v) is 6.01. The molecule has 0 bridgehead atoms. The van der Waals surface area contributed by atoms with Crippen LogP contribution in [0.15, 0.2) is 4.47 Å². The Balaban J connectivity index is 2.08. The van der Waals surface area contributed by atoms with E-state index < -0.39 is 0 Å². The molecule has 0 saturated heterocycles. The van der Waals surface area contributed by atoms with Gasteiger partial charge in [-0.1, -0.05) is 12.8 Å². The molecule has 3 nitrogen and oxygen atoms in total. The molecule has 2 unspecified atom stereocenters. The first-order chi connectivity index (χ1) is 8.08. The van der Waals surface area contributed by atoms with Crippen molar-refractivity contribution in [3.63, 3.8) is 0 Å². The quantitative estimate of drug-likeness (QED) is 0.853. The minimum absolute atomic E-state index is 0.101. The number of halogens is 1.